The molecule has 1 aliphatic rings. The summed E-state index contributed by atoms with van der Waals surface area (Å²) in [5, 5.41) is 12.8. The molecular weight excluding hydrogens is 404 g/mol. The highest BCUT2D eigenvalue weighted by Gasteiger charge is 2.24. The first-order valence-electron chi connectivity index (χ1n) is 10.8. The molecule has 5 rings (SSSR count). The molecule has 2 aromatic heterocycles. The molecule has 5 heteroatoms. The predicted octanol–water partition coefficient (Wildman–Crippen LogP) is 5.83. The van der Waals surface area contributed by atoms with Crippen LogP contribution < -0.4 is 0 Å². The standard InChI is InChI=1S/C26H26N2O2S/c29-26(30)21-6-3-5-19(15-21)16-27-12-10-20(11-13-27)24-18-28(17-22-7-4-14-31-22)25-9-2-1-8-23(24)25/h1-9,14-15,18,20H,10-13,16-17H2,(H,29,30). The molecule has 0 spiro atoms. The summed E-state index contributed by atoms with van der Waals surface area (Å²) in [4.78, 5) is 15.1. The van der Waals surface area contributed by atoms with Gasteiger partial charge in [0.1, 0.15) is 0 Å². The fourth-order valence-electron chi connectivity index (χ4n) is 4.76. The van der Waals surface area contributed by atoms with Crippen LogP contribution in [0.25, 0.3) is 10.9 Å². The number of thiophene rings is 1. The zero-order valence-corrected chi connectivity index (χ0v) is 18.2. The summed E-state index contributed by atoms with van der Waals surface area (Å²) >= 11 is 1.81. The summed E-state index contributed by atoms with van der Waals surface area (Å²) in [5.74, 6) is -0.296. The highest BCUT2D eigenvalue weighted by atomic mass is 32.1. The second-order valence-electron chi connectivity index (χ2n) is 8.36. The van der Waals surface area contributed by atoms with Gasteiger partial charge in [-0.2, -0.15) is 0 Å². The van der Waals surface area contributed by atoms with Gasteiger partial charge >= 0.3 is 5.97 Å². The number of nitrogens with zero attached hydrogens (tertiary/aromatic N) is 2. The zero-order chi connectivity index (χ0) is 21.2. The van der Waals surface area contributed by atoms with Gasteiger partial charge in [0.15, 0.2) is 0 Å². The lowest BCUT2D eigenvalue weighted by Gasteiger charge is -2.32. The average molecular weight is 431 g/mol. The maximum Gasteiger partial charge on any atom is 0.335 e. The Kier molecular flexibility index (Phi) is 5.62. The van der Waals surface area contributed by atoms with Crippen LogP contribution in [0.3, 0.4) is 0 Å². The Morgan fingerprint density at radius 3 is 2.61 bits per heavy atom. The third-order valence-electron chi connectivity index (χ3n) is 6.33. The number of carbonyl (C=O) groups is 1. The number of fused-ring (bicyclic) bond motifs is 1. The summed E-state index contributed by atoms with van der Waals surface area (Å²) < 4.78 is 2.40. The van der Waals surface area contributed by atoms with Gasteiger partial charge in [0.25, 0.3) is 0 Å². The van der Waals surface area contributed by atoms with E-state index in [0.717, 1.165) is 44.6 Å². The molecule has 0 aliphatic carbocycles. The van der Waals surface area contributed by atoms with Crippen molar-refractivity contribution < 1.29 is 9.90 Å². The third-order valence-corrected chi connectivity index (χ3v) is 7.19. The Labute approximate surface area is 186 Å². The maximum atomic E-state index is 11.2. The fourth-order valence-corrected chi connectivity index (χ4v) is 5.47. The first kappa shape index (κ1) is 20.0. The van der Waals surface area contributed by atoms with Gasteiger partial charge in [0.2, 0.25) is 0 Å². The lowest BCUT2D eigenvalue weighted by Crippen LogP contribution is -2.32. The van der Waals surface area contributed by atoms with Crippen molar-refractivity contribution in [2.24, 2.45) is 0 Å². The molecule has 3 heterocycles. The van der Waals surface area contributed by atoms with Crippen molar-refractivity contribution in [1.29, 1.82) is 0 Å². The molecule has 0 amide bonds. The van der Waals surface area contributed by atoms with Gasteiger partial charge in [-0.3, -0.25) is 4.90 Å². The van der Waals surface area contributed by atoms with E-state index in [9.17, 15) is 9.90 Å². The van der Waals surface area contributed by atoms with Gasteiger partial charge in [0, 0.05) is 28.5 Å². The summed E-state index contributed by atoms with van der Waals surface area (Å²) in [7, 11) is 0. The number of carboxylic acid groups (broad SMARTS) is 1. The van der Waals surface area contributed by atoms with E-state index in [4.69, 9.17) is 0 Å². The number of hydrogen-bond acceptors (Lipinski definition) is 3. The maximum absolute atomic E-state index is 11.2. The van der Waals surface area contributed by atoms with Gasteiger partial charge < -0.3 is 9.67 Å². The monoisotopic (exact) mass is 430 g/mol. The lowest BCUT2D eigenvalue weighted by atomic mass is 9.89. The summed E-state index contributed by atoms with van der Waals surface area (Å²) in [5.41, 5.74) is 4.23. The van der Waals surface area contributed by atoms with Gasteiger partial charge in [-0.25, -0.2) is 4.79 Å². The van der Waals surface area contributed by atoms with E-state index in [1.165, 1.54) is 21.3 Å². The van der Waals surface area contributed by atoms with Crippen LogP contribution in [-0.2, 0) is 13.1 Å². The molecule has 0 unspecified atom stereocenters. The molecule has 0 atom stereocenters. The second-order valence-corrected chi connectivity index (χ2v) is 9.40. The van der Waals surface area contributed by atoms with Crippen molar-refractivity contribution in [3.05, 3.63) is 93.8 Å². The lowest BCUT2D eigenvalue weighted by molar-refractivity contribution is 0.0696. The Hall–Kier alpha value is -2.89. The van der Waals surface area contributed by atoms with E-state index in [1.807, 2.05) is 23.5 Å². The quantitative estimate of drug-likeness (QED) is 0.419. The molecule has 1 aliphatic heterocycles. The van der Waals surface area contributed by atoms with Gasteiger partial charge in [-0.15, -0.1) is 11.3 Å². The van der Waals surface area contributed by atoms with Crippen LogP contribution in [0.1, 0.15) is 45.1 Å². The molecule has 2 aromatic carbocycles. The number of hydrogen-bond donors (Lipinski definition) is 1. The normalized spacial score (nSPS) is 15.5. The van der Waals surface area contributed by atoms with Gasteiger partial charge in [-0.1, -0.05) is 36.4 Å². The Balaban J connectivity index is 1.30. The Morgan fingerprint density at radius 2 is 1.84 bits per heavy atom. The van der Waals surface area contributed by atoms with E-state index >= 15 is 0 Å². The van der Waals surface area contributed by atoms with Crippen LogP contribution in [0.4, 0.5) is 0 Å². The van der Waals surface area contributed by atoms with Crippen LogP contribution in [0.5, 0.6) is 0 Å². The van der Waals surface area contributed by atoms with Crippen molar-refractivity contribution in [3.8, 4) is 0 Å². The second kappa shape index (κ2) is 8.69. The molecule has 0 bridgehead atoms. The molecule has 4 aromatic rings. The fraction of sp³-hybridized carbons (Fsp3) is 0.269. The van der Waals surface area contributed by atoms with E-state index in [0.29, 0.717) is 11.5 Å². The molecule has 0 radical (unpaired) electrons. The van der Waals surface area contributed by atoms with Crippen molar-refractivity contribution in [3.63, 3.8) is 0 Å². The minimum Gasteiger partial charge on any atom is -0.478 e. The minimum absolute atomic E-state index is 0.367. The highest BCUT2D eigenvalue weighted by molar-refractivity contribution is 7.09. The van der Waals surface area contributed by atoms with Crippen molar-refractivity contribution in [2.75, 3.05) is 13.1 Å². The minimum atomic E-state index is -0.862. The number of para-hydroxylation sites is 1. The first-order valence-corrected chi connectivity index (χ1v) is 11.7. The number of aromatic nitrogens is 1. The van der Waals surface area contributed by atoms with E-state index < -0.39 is 5.97 Å². The van der Waals surface area contributed by atoms with E-state index in [-0.39, 0.29) is 0 Å². The molecule has 158 valence electrons. The number of aromatic carboxylic acids is 1. The smallest absolute Gasteiger partial charge is 0.335 e. The molecular formula is C26H26N2O2S. The number of benzene rings is 2. The average Bonchev–Trinajstić information content (AvgIpc) is 3.43. The van der Waals surface area contributed by atoms with Crippen LogP contribution in [-0.4, -0.2) is 33.6 Å². The summed E-state index contributed by atoms with van der Waals surface area (Å²) in [6.07, 6.45) is 4.64. The third kappa shape index (κ3) is 4.29. The SMILES string of the molecule is O=C(O)c1cccc(CN2CCC(c3cn(Cc4cccs4)c4ccccc34)CC2)c1. The van der Waals surface area contributed by atoms with E-state index in [2.05, 4.69) is 57.4 Å². The molecule has 1 saturated heterocycles. The van der Waals surface area contributed by atoms with E-state index in [1.54, 1.807) is 12.1 Å². The zero-order valence-electron chi connectivity index (χ0n) is 17.4. The van der Waals surface area contributed by atoms with Crippen molar-refractivity contribution in [1.82, 2.24) is 9.47 Å². The summed E-state index contributed by atoms with van der Waals surface area (Å²) in [6.45, 7) is 3.81. The number of likely N-dealkylation sites (tertiary alicyclic amines) is 1. The highest BCUT2D eigenvalue weighted by Crippen LogP contribution is 2.35. The van der Waals surface area contributed by atoms with Crippen LogP contribution in [0.15, 0.2) is 72.2 Å². The number of carboxylic acids is 1. The largest absolute Gasteiger partial charge is 0.478 e. The number of piperidine rings is 1. The predicted molar refractivity (Wildman–Crippen MR) is 126 cm³/mol. The van der Waals surface area contributed by atoms with Gasteiger partial charge in [-0.05, 0) is 72.6 Å². The van der Waals surface area contributed by atoms with Crippen LogP contribution >= 0.6 is 11.3 Å². The van der Waals surface area contributed by atoms with Crippen molar-refractivity contribution in [2.45, 2.75) is 31.8 Å². The molecule has 4 nitrogen and oxygen atoms in total. The van der Waals surface area contributed by atoms with Crippen LogP contribution in [0, 0.1) is 0 Å². The Morgan fingerprint density at radius 1 is 1.00 bits per heavy atom. The Bertz CT molecular complexity index is 1190. The topological polar surface area (TPSA) is 45.5 Å². The first-order chi connectivity index (χ1) is 15.2. The van der Waals surface area contributed by atoms with Crippen LogP contribution in [0.2, 0.25) is 0 Å². The summed E-state index contributed by atoms with van der Waals surface area (Å²) in [6, 6.07) is 20.4. The molecule has 31 heavy (non-hydrogen) atoms. The number of rotatable bonds is 6. The van der Waals surface area contributed by atoms with Gasteiger partial charge in [0.05, 0.1) is 12.1 Å². The van der Waals surface area contributed by atoms with Crippen molar-refractivity contribution >= 4 is 28.2 Å². The molecule has 1 fully saturated rings. The molecule has 1 N–H and O–H groups in total. The molecule has 0 saturated carbocycles.